The molecule has 3 heterocycles. The van der Waals surface area contributed by atoms with Crippen LogP contribution < -0.4 is 5.73 Å². The number of hydrogen-bond acceptors (Lipinski definition) is 6. The predicted octanol–water partition coefficient (Wildman–Crippen LogP) is 5.20. The number of nitrogen functional groups attached to an aromatic ring is 1. The van der Waals surface area contributed by atoms with Crippen molar-refractivity contribution in [3.05, 3.63) is 83.2 Å². The fraction of sp³-hybridized carbons (Fsp3) is 0.276. The summed E-state index contributed by atoms with van der Waals surface area (Å²) in [4.78, 5) is 35.5. The number of piperidine rings is 1. The van der Waals surface area contributed by atoms with Gasteiger partial charge in [0.1, 0.15) is 17.8 Å². The van der Waals surface area contributed by atoms with Crippen LogP contribution in [0.2, 0.25) is 5.02 Å². The maximum absolute atomic E-state index is 12.7. The zero-order valence-electron chi connectivity index (χ0n) is 21.2. The fourth-order valence-electron chi connectivity index (χ4n) is 5.10. The number of fused-ring (bicyclic) bond motifs is 1. The van der Waals surface area contributed by atoms with Crippen molar-refractivity contribution < 1.29 is 9.59 Å². The summed E-state index contributed by atoms with van der Waals surface area (Å²) in [5, 5.41) is 6.25. The summed E-state index contributed by atoms with van der Waals surface area (Å²) < 4.78 is 1.88. The van der Waals surface area contributed by atoms with Crippen molar-refractivity contribution in [3.8, 4) is 11.3 Å². The average molecular weight is 529 g/mol. The molecule has 38 heavy (non-hydrogen) atoms. The molecule has 1 saturated heterocycles. The Morgan fingerprint density at radius 2 is 1.97 bits per heavy atom. The number of aryl methyl sites for hydroxylation is 2. The highest BCUT2D eigenvalue weighted by Gasteiger charge is 2.28. The predicted molar refractivity (Wildman–Crippen MR) is 149 cm³/mol. The first-order chi connectivity index (χ1) is 18.4. The Kier molecular flexibility index (Phi) is 7.24. The summed E-state index contributed by atoms with van der Waals surface area (Å²) in [6, 6.07) is 13.3. The van der Waals surface area contributed by atoms with Crippen LogP contribution in [-0.2, 0) is 11.2 Å². The number of likely N-dealkylation sites (tertiary alicyclic amines) is 1. The van der Waals surface area contributed by atoms with Gasteiger partial charge in [-0.25, -0.2) is 14.6 Å². The molecule has 0 bridgehead atoms. The van der Waals surface area contributed by atoms with E-state index in [1.165, 1.54) is 12.4 Å². The van der Waals surface area contributed by atoms with Crippen molar-refractivity contribution in [1.29, 1.82) is 0 Å². The number of rotatable bonds is 7. The maximum atomic E-state index is 12.7. The first kappa shape index (κ1) is 25.6. The number of amides is 1. The number of nitrogens with zero attached hydrogens (tertiary/aromatic N) is 5. The van der Waals surface area contributed by atoms with Crippen molar-refractivity contribution in [2.75, 3.05) is 18.8 Å². The lowest BCUT2D eigenvalue weighted by molar-refractivity contribution is -0.127. The molecule has 0 spiro atoms. The van der Waals surface area contributed by atoms with Crippen molar-refractivity contribution >= 4 is 40.1 Å². The molecule has 9 heteroatoms. The lowest BCUT2D eigenvalue weighted by atomic mass is 9.98. The van der Waals surface area contributed by atoms with Crippen LogP contribution in [0.4, 0.5) is 5.82 Å². The molecule has 8 nitrogen and oxygen atoms in total. The topological polar surface area (TPSA) is 107 Å². The second-order valence-corrected chi connectivity index (χ2v) is 10.1. The number of benzene rings is 2. The van der Waals surface area contributed by atoms with E-state index in [4.69, 9.17) is 22.4 Å². The van der Waals surface area contributed by atoms with Crippen LogP contribution in [0, 0.1) is 6.92 Å². The van der Waals surface area contributed by atoms with Crippen LogP contribution in [0.3, 0.4) is 0 Å². The van der Waals surface area contributed by atoms with Crippen molar-refractivity contribution in [3.63, 3.8) is 0 Å². The third kappa shape index (κ3) is 5.04. The standard InChI is InChI=1S/C29H29ClN6O2/c1-3-25(38)35-14-4-5-22(16-35)36-29-26(28(31)32-17-33-29)27(34-36)20-9-6-19(7-10-20)8-13-24(37)23-12-11-21(30)15-18(23)2/h3,6-7,9-12,15,17,22H,1,4-5,8,13-14,16H2,2H3,(H2,31,32,33)/t22-/m1/s1. The number of halogens is 1. The molecule has 194 valence electrons. The molecule has 0 unspecified atom stereocenters. The van der Waals surface area contributed by atoms with E-state index in [0.717, 1.165) is 29.5 Å². The Balaban J connectivity index is 1.39. The Morgan fingerprint density at radius 3 is 2.71 bits per heavy atom. The van der Waals surface area contributed by atoms with E-state index in [0.29, 0.717) is 59.1 Å². The van der Waals surface area contributed by atoms with Crippen LogP contribution in [0.25, 0.3) is 22.3 Å². The third-order valence-electron chi connectivity index (χ3n) is 7.10. The number of aromatic nitrogens is 4. The summed E-state index contributed by atoms with van der Waals surface area (Å²) in [6.07, 6.45) is 5.56. The van der Waals surface area contributed by atoms with Crippen LogP contribution in [-0.4, -0.2) is 49.4 Å². The molecule has 2 N–H and O–H groups in total. The van der Waals surface area contributed by atoms with Gasteiger partial charge in [-0.3, -0.25) is 9.59 Å². The van der Waals surface area contributed by atoms with Gasteiger partial charge in [0.2, 0.25) is 5.91 Å². The first-order valence-corrected chi connectivity index (χ1v) is 13.0. The highest BCUT2D eigenvalue weighted by atomic mass is 35.5. The quantitative estimate of drug-likeness (QED) is 0.261. The van der Waals surface area contributed by atoms with Gasteiger partial charge in [0.25, 0.3) is 0 Å². The normalized spacial score (nSPS) is 15.5. The van der Waals surface area contributed by atoms with Gasteiger partial charge in [-0.2, -0.15) is 5.10 Å². The molecule has 2 aromatic carbocycles. The Bertz CT molecular complexity index is 1530. The van der Waals surface area contributed by atoms with Gasteiger partial charge in [0.15, 0.2) is 11.4 Å². The van der Waals surface area contributed by atoms with E-state index < -0.39 is 0 Å². The second-order valence-electron chi connectivity index (χ2n) is 9.61. The lowest BCUT2D eigenvalue weighted by Gasteiger charge is -2.32. The number of carbonyl (C=O) groups is 2. The van der Waals surface area contributed by atoms with Crippen LogP contribution in [0.15, 0.2) is 61.4 Å². The largest absolute Gasteiger partial charge is 0.383 e. The smallest absolute Gasteiger partial charge is 0.246 e. The fourth-order valence-corrected chi connectivity index (χ4v) is 5.32. The molecule has 4 aromatic rings. The van der Waals surface area contributed by atoms with Crippen molar-refractivity contribution in [1.82, 2.24) is 24.6 Å². The first-order valence-electron chi connectivity index (χ1n) is 12.6. The molecule has 1 aliphatic heterocycles. The summed E-state index contributed by atoms with van der Waals surface area (Å²) >= 11 is 6.02. The molecular formula is C29H29ClN6O2. The van der Waals surface area contributed by atoms with E-state index in [2.05, 4.69) is 16.5 Å². The van der Waals surface area contributed by atoms with Crippen LogP contribution >= 0.6 is 11.6 Å². The zero-order chi connectivity index (χ0) is 26.8. The van der Waals surface area contributed by atoms with Crippen LogP contribution in [0.1, 0.15) is 46.8 Å². The van der Waals surface area contributed by atoms with Gasteiger partial charge < -0.3 is 10.6 Å². The molecule has 2 aromatic heterocycles. The maximum Gasteiger partial charge on any atom is 0.246 e. The number of hydrogen-bond donors (Lipinski definition) is 1. The number of ketones is 1. The zero-order valence-corrected chi connectivity index (χ0v) is 22.0. The molecular weight excluding hydrogens is 500 g/mol. The minimum atomic E-state index is -0.0826. The van der Waals surface area contributed by atoms with Crippen molar-refractivity contribution in [2.45, 2.75) is 38.6 Å². The molecule has 1 aliphatic rings. The van der Waals surface area contributed by atoms with E-state index in [1.54, 1.807) is 17.0 Å². The Morgan fingerprint density at radius 1 is 1.18 bits per heavy atom. The van der Waals surface area contributed by atoms with E-state index in [9.17, 15) is 9.59 Å². The van der Waals surface area contributed by atoms with E-state index in [1.807, 2.05) is 41.9 Å². The second kappa shape index (κ2) is 10.8. The average Bonchev–Trinajstić information content (AvgIpc) is 3.33. The molecule has 5 rings (SSSR count). The van der Waals surface area contributed by atoms with Crippen LogP contribution in [0.5, 0.6) is 0 Å². The molecule has 1 amide bonds. The summed E-state index contributed by atoms with van der Waals surface area (Å²) in [5.74, 6) is 0.370. The van der Waals surface area contributed by atoms with E-state index >= 15 is 0 Å². The monoisotopic (exact) mass is 528 g/mol. The number of nitrogens with two attached hydrogens (primary N) is 1. The lowest BCUT2D eigenvalue weighted by Crippen LogP contribution is -2.40. The highest BCUT2D eigenvalue weighted by Crippen LogP contribution is 2.34. The third-order valence-corrected chi connectivity index (χ3v) is 7.34. The number of anilines is 1. The minimum absolute atomic E-state index is 0.0280. The van der Waals surface area contributed by atoms with Gasteiger partial charge in [0, 0.05) is 35.7 Å². The van der Waals surface area contributed by atoms with Gasteiger partial charge in [-0.15, -0.1) is 0 Å². The minimum Gasteiger partial charge on any atom is -0.383 e. The summed E-state index contributed by atoms with van der Waals surface area (Å²) in [6.45, 7) is 6.75. The molecule has 1 fully saturated rings. The number of carbonyl (C=O) groups excluding carboxylic acids is 2. The van der Waals surface area contributed by atoms with Gasteiger partial charge in [-0.05, 0) is 61.6 Å². The molecule has 1 atom stereocenters. The van der Waals surface area contributed by atoms with Gasteiger partial charge >= 0.3 is 0 Å². The Labute approximate surface area is 226 Å². The summed E-state index contributed by atoms with van der Waals surface area (Å²) in [7, 11) is 0. The van der Waals surface area contributed by atoms with E-state index in [-0.39, 0.29) is 17.7 Å². The molecule has 0 radical (unpaired) electrons. The molecule has 0 saturated carbocycles. The molecule has 0 aliphatic carbocycles. The van der Waals surface area contributed by atoms with Gasteiger partial charge in [0.05, 0.1) is 11.4 Å². The SMILES string of the molecule is C=CC(=O)N1CCC[C@@H](n2nc(-c3ccc(CCC(=O)c4ccc(Cl)cc4C)cc3)c3c(N)ncnc32)C1. The van der Waals surface area contributed by atoms with Crippen molar-refractivity contribution in [2.24, 2.45) is 0 Å². The number of Topliss-reactive ketones (excluding diaryl/α,β-unsaturated/α-hetero) is 1. The van der Waals surface area contributed by atoms with Gasteiger partial charge in [-0.1, -0.05) is 42.4 Å². The summed E-state index contributed by atoms with van der Waals surface area (Å²) in [5.41, 5.74) is 11.2. The highest BCUT2D eigenvalue weighted by molar-refractivity contribution is 6.30. The Hall–Kier alpha value is -4.04.